The third-order valence-corrected chi connectivity index (χ3v) is 15.2. The zero-order valence-electron chi connectivity index (χ0n) is 48.9. The Balaban J connectivity index is 0.895. The highest BCUT2D eigenvalue weighted by molar-refractivity contribution is 5.85. The van der Waals surface area contributed by atoms with Crippen LogP contribution >= 0.6 is 0 Å². The molecule has 7 nitrogen and oxygen atoms in total. The smallest absolute Gasteiger partial charge is 0.121 e. The average Bonchev–Trinajstić information content (AvgIpc) is 1.87. The fraction of sp³-hybridized carbons (Fsp3) is 0.0370. The van der Waals surface area contributed by atoms with Crippen LogP contribution in [0.15, 0.2) is 329 Å². The lowest BCUT2D eigenvalue weighted by atomic mass is 10.1. The quantitative estimate of drug-likeness (QED) is 0.0597. The Morgan fingerprint density at radius 2 is 0.420 bits per heavy atom. The lowest BCUT2D eigenvalue weighted by Crippen LogP contribution is -2.14. The average molecular weight is 1140 g/mol. The number of hydrogen-bond donors (Lipinski definition) is 0. The van der Waals surface area contributed by atoms with Crippen LogP contribution in [0.5, 0.6) is 17.2 Å². The second-order valence-electron chi connectivity index (χ2n) is 21.1. The van der Waals surface area contributed by atoms with Crippen LogP contribution in [0.3, 0.4) is 0 Å². The molecule has 12 rings (SSSR count). The molecule has 0 aliphatic heterocycles. The first-order valence-electron chi connectivity index (χ1n) is 29.4. The molecule has 0 bridgehead atoms. The molecule has 0 radical (unpaired) electrons. The number of para-hydroxylation sites is 3. The van der Waals surface area contributed by atoms with E-state index >= 15 is 0 Å². The summed E-state index contributed by atoms with van der Waals surface area (Å²) < 4.78 is 19.2. The molecule has 0 spiro atoms. The number of ether oxygens (including phenoxy) is 3. The molecule has 0 aliphatic carbocycles. The van der Waals surface area contributed by atoms with Crippen LogP contribution in [-0.2, 0) is 19.8 Å². The first-order chi connectivity index (χ1) is 43.4. The standard InChI is InChI=1S/C81H66N4O3/c1-4-61-31-37-64(38-32-61)58-86-79-28-16-25-76(55-79)83(67-19-10-7-11-20-67)73-49-43-70(44-50-73)82(71-45-51-74(52-46-71)84(68-21-12-8-13-22-68)77-26-17-29-80(56-77)87-59-65-39-33-62(5-2)34-40-65)72-47-53-75(54-48-72)85(69-23-14-9-15-24-69)78-27-18-30-81(57-78)88-60-66-41-35-63(6-3)36-42-66/h4-57H,1-3,58-60H2. The summed E-state index contributed by atoms with van der Waals surface area (Å²) in [6.07, 6.45) is 5.55. The van der Waals surface area contributed by atoms with E-state index in [0.717, 1.165) is 119 Å². The third-order valence-electron chi connectivity index (χ3n) is 15.2. The first kappa shape index (κ1) is 56.9. The van der Waals surface area contributed by atoms with E-state index in [-0.39, 0.29) is 0 Å². The number of nitrogens with zero attached hydrogens (tertiary/aromatic N) is 4. The van der Waals surface area contributed by atoms with E-state index < -0.39 is 0 Å². The van der Waals surface area contributed by atoms with Crippen molar-refractivity contribution in [2.45, 2.75) is 19.8 Å². The molecule has 0 saturated heterocycles. The molecule has 0 unspecified atom stereocenters. The number of anilines is 12. The van der Waals surface area contributed by atoms with E-state index in [0.29, 0.717) is 19.8 Å². The van der Waals surface area contributed by atoms with E-state index in [9.17, 15) is 0 Å². The molecular formula is C81H66N4O3. The van der Waals surface area contributed by atoms with Gasteiger partial charge in [-0.2, -0.15) is 0 Å². The van der Waals surface area contributed by atoms with Gasteiger partial charge in [0, 0.05) is 86.4 Å². The summed E-state index contributed by atoms with van der Waals surface area (Å²) in [5.74, 6) is 2.32. The van der Waals surface area contributed by atoms with Crippen LogP contribution in [0.1, 0.15) is 33.4 Å². The Hall–Kier alpha value is -11.5. The monoisotopic (exact) mass is 1140 g/mol. The van der Waals surface area contributed by atoms with Gasteiger partial charge in [-0.25, -0.2) is 0 Å². The highest BCUT2D eigenvalue weighted by atomic mass is 16.5. The summed E-state index contributed by atoms with van der Waals surface area (Å²) in [5, 5.41) is 0. The molecular weight excluding hydrogens is 1080 g/mol. The van der Waals surface area contributed by atoms with E-state index in [2.05, 4.69) is 294 Å². The Morgan fingerprint density at radius 3 is 0.648 bits per heavy atom. The Labute approximate surface area is 517 Å². The normalized spacial score (nSPS) is 10.8. The molecule has 428 valence electrons. The summed E-state index contributed by atoms with van der Waals surface area (Å²) in [7, 11) is 0. The zero-order chi connectivity index (χ0) is 59.9. The zero-order valence-corrected chi connectivity index (χ0v) is 48.9. The van der Waals surface area contributed by atoms with Crippen molar-refractivity contribution < 1.29 is 14.2 Å². The van der Waals surface area contributed by atoms with Crippen molar-refractivity contribution in [2.24, 2.45) is 0 Å². The summed E-state index contributed by atoms with van der Waals surface area (Å²) in [6, 6.07) is 107. The van der Waals surface area contributed by atoms with Crippen molar-refractivity contribution in [3.05, 3.63) is 363 Å². The van der Waals surface area contributed by atoms with E-state index in [4.69, 9.17) is 14.2 Å². The van der Waals surface area contributed by atoms with Gasteiger partial charge in [-0.15, -0.1) is 0 Å². The van der Waals surface area contributed by atoms with Crippen LogP contribution in [0, 0.1) is 0 Å². The van der Waals surface area contributed by atoms with Crippen molar-refractivity contribution >= 4 is 86.5 Å². The summed E-state index contributed by atoms with van der Waals surface area (Å²) in [6.45, 7) is 13.0. The minimum atomic E-state index is 0.442. The van der Waals surface area contributed by atoms with Gasteiger partial charge in [-0.3, -0.25) is 0 Å². The van der Waals surface area contributed by atoms with Gasteiger partial charge in [0.2, 0.25) is 0 Å². The molecule has 0 N–H and O–H groups in total. The van der Waals surface area contributed by atoms with E-state index in [1.807, 2.05) is 72.8 Å². The van der Waals surface area contributed by atoms with Gasteiger partial charge in [0.05, 0.1) is 0 Å². The fourth-order valence-corrected chi connectivity index (χ4v) is 10.7. The minimum Gasteiger partial charge on any atom is -0.489 e. The lowest BCUT2D eigenvalue weighted by Gasteiger charge is -2.30. The molecule has 12 aromatic rings. The van der Waals surface area contributed by atoms with Crippen molar-refractivity contribution in [3.8, 4) is 17.2 Å². The second-order valence-corrected chi connectivity index (χ2v) is 21.1. The maximum atomic E-state index is 6.41. The lowest BCUT2D eigenvalue weighted by molar-refractivity contribution is 0.306. The van der Waals surface area contributed by atoms with Gasteiger partial charge in [0.25, 0.3) is 0 Å². The van der Waals surface area contributed by atoms with Gasteiger partial charge in [0.15, 0.2) is 0 Å². The maximum Gasteiger partial charge on any atom is 0.121 e. The van der Waals surface area contributed by atoms with Crippen LogP contribution in [0.4, 0.5) is 68.2 Å². The Bertz CT molecular complexity index is 3790. The van der Waals surface area contributed by atoms with Crippen molar-refractivity contribution in [3.63, 3.8) is 0 Å². The molecule has 0 aromatic heterocycles. The fourth-order valence-electron chi connectivity index (χ4n) is 10.7. The molecule has 0 heterocycles. The minimum absolute atomic E-state index is 0.442. The van der Waals surface area contributed by atoms with Crippen LogP contribution in [-0.4, -0.2) is 0 Å². The molecule has 0 amide bonds. The van der Waals surface area contributed by atoms with Crippen molar-refractivity contribution in [1.29, 1.82) is 0 Å². The van der Waals surface area contributed by atoms with Gasteiger partial charge in [-0.05, 0) is 179 Å². The first-order valence-corrected chi connectivity index (χ1v) is 29.4. The number of hydrogen-bond acceptors (Lipinski definition) is 7. The molecule has 0 aliphatic rings. The van der Waals surface area contributed by atoms with Gasteiger partial charge in [-0.1, -0.05) is 184 Å². The topological polar surface area (TPSA) is 40.7 Å². The van der Waals surface area contributed by atoms with Crippen LogP contribution in [0.25, 0.3) is 18.2 Å². The van der Waals surface area contributed by atoms with Crippen LogP contribution in [0.2, 0.25) is 0 Å². The predicted molar refractivity (Wildman–Crippen MR) is 368 cm³/mol. The third kappa shape index (κ3) is 13.7. The Kier molecular flexibility index (Phi) is 17.8. The molecule has 88 heavy (non-hydrogen) atoms. The van der Waals surface area contributed by atoms with Crippen molar-refractivity contribution in [2.75, 3.05) is 19.6 Å². The molecule has 0 fully saturated rings. The summed E-state index contributed by atoms with van der Waals surface area (Å²) in [5.41, 5.74) is 18.3. The largest absolute Gasteiger partial charge is 0.489 e. The number of rotatable bonds is 24. The highest BCUT2D eigenvalue weighted by Crippen LogP contribution is 2.44. The maximum absolute atomic E-state index is 6.41. The van der Waals surface area contributed by atoms with E-state index in [1.165, 1.54) is 0 Å². The SMILES string of the molecule is C=Cc1ccc(COc2cccc(N(c3ccccc3)c3ccc(N(c4ccc(N(c5ccccc5)c5cccc(OCc6ccc(C=C)cc6)c5)cc4)c4ccc(N(c5ccccc5)c5cccc(OCc6ccc(C=C)cc6)c5)cc4)cc3)c2)cc1. The van der Waals surface area contributed by atoms with Crippen LogP contribution < -0.4 is 33.8 Å². The van der Waals surface area contributed by atoms with Gasteiger partial charge < -0.3 is 33.8 Å². The molecule has 0 atom stereocenters. The van der Waals surface area contributed by atoms with E-state index in [1.54, 1.807) is 0 Å². The number of benzene rings is 12. The van der Waals surface area contributed by atoms with Gasteiger partial charge in [0.1, 0.15) is 37.1 Å². The molecule has 0 saturated carbocycles. The van der Waals surface area contributed by atoms with Gasteiger partial charge >= 0.3 is 0 Å². The van der Waals surface area contributed by atoms with Crippen molar-refractivity contribution in [1.82, 2.24) is 0 Å². The summed E-state index contributed by atoms with van der Waals surface area (Å²) >= 11 is 0. The predicted octanol–water partition coefficient (Wildman–Crippen LogP) is 22.2. The Morgan fingerprint density at radius 1 is 0.216 bits per heavy atom. The highest BCUT2D eigenvalue weighted by Gasteiger charge is 2.21. The molecule has 12 aromatic carbocycles. The second kappa shape index (κ2) is 27.4. The molecule has 7 heteroatoms. The summed E-state index contributed by atoms with van der Waals surface area (Å²) in [4.78, 5) is 9.11.